The van der Waals surface area contributed by atoms with E-state index >= 15 is 0 Å². The molecule has 6 nitrogen and oxygen atoms in total. The predicted molar refractivity (Wildman–Crippen MR) is 62.4 cm³/mol. The van der Waals surface area contributed by atoms with E-state index in [1.54, 1.807) is 13.2 Å². The smallest absolute Gasteiger partial charge is 0.321 e. The number of aromatic amines is 1. The summed E-state index contributed by atoms with van der Waals surface area (Å²) in [7, 11) is 7.62. The number of carboxylic acids is 1. The Kier molecular flexibility index (Phi) is 7.15. The van der Waals surface area contributed by atoms with Crippen LogP contribution in [0.15, 0.2) is 12.5 Å². The van der Waals surface area contributed by atoms with Crippen LogP contribution in [0.2, 0.25) is 0 Å². The number of aromatic nitrogens is 2. The number of carboxylic acid groups (broad SMARTS) is 1. The van der Waals surface area contributed by atoms with E-state index in [-0.39, 0.29) is 0 Å². The summed E-state index contributed by atoms with van der Waals surface area (Å²) in [4.78, 5) is 19.2. The van der Waals surface area contributed by atoms with E-state index in [0.29, 0.717) is 6.42 Å². The second-order valence-corrected chi connectivity index (χ2v) is 3.80. The van der Waals surface area contributed by atoms with Gasteiger partial charge >= 0.3 is 5.97 Å². The van der Waals surface area contributed by atoms with Crippen molar-refractivity contribution < 1.29 is 9.90 Å². The SMILES string of the molecule is CN(C)C.CN[C@@H](Cc1cnc[nH]1)C(=O)O. The molecular weight excluding hydrogens is 208 g/mol. The van der Waals surface area contributed by atoms with Gasteiger partial charge in [-0.05, 0) is 28.2 Å². The average Bonchev–Trinajstić information content (AvgIpc) is 2.65. The van der Waals surface area contributed by atoms with Crippen LogP contribution in [0.25, 0.3) is 0 Å². The lowest BCUT2D eigenvalue weighted by atomic mass is 10.2. The van der Waals surface area contributed by atoms with Crippen LogP contribution in [-0.2, 0) is 11.2 Å². The zero-order valence-electron chi connectivity index (χ0n) is 10.2. The molecule has 0 aliphatic carbocycles. The van der Waals surface area contributed by atoms with E-state index in [2.05, 4.69) is 15.3 Å². The first-order valence-electron chi connectivity index (χ1n) is 4.95. The molecular formula is C10H20N4O2. The van der Waals surface area contributed by atoms with Crippen molar-refractivity contribution in [2.45, 2.75) is 12.5 Å². The van der Waals surface area contributed by atoms with Crippen LogP contribution in [0.4, 0.5) is 0 Å². The van der Waals surface area contributed by atoms with Gasteiger partial charge in [0.1, 0.15) is 6.04 Å². The maximum Gasteiger partial charge on any atom is 0.321 e. The summed E-state index contributed by atoms with van der Waals surface area (Å²) in [6.07, 6.45) is 3.57. The van der Waals surface area contributed by atoms with E-state index < -0.39 is 12.0 Å². The van der Waals surface area contributed by atoms with Crippen molar-refractivity contribution in [2.24, 2.45) is 0 Å². The van der Waals surface area contributed by atoms with Crippen LogP contribution < -0.4 is 5.32 Å². The zero-order chi connectivity index (χ0) is 12.6. The summed E-state index contributed by atoms with van der Waals surface area (Å²) in [5.74, 6) is -0.855. The third kappa shape index (κ3) is 6.97. The number of likely N-dealkylation sites (N-methyl/N-ethyl adjacent to an activating group) is 1. The highest BCUT2D eigenvalue weighted by molar-refractivity contribution is 5.73. The van der Waals surface area contributed by atoms with Crippen molar-refractivity contribution in [1.29, 1.82) is 0 Å². The van der Waals surface area contributed by atoms with E-state index in [0.717, 1.165) is 5.69 Å². The molecule has 92 valence electrons. The largest absolute Gasteiger partial charge is 0.480 e. The molecule has 0 aliphatic heterocycles. The fourth-order valence-corrected chi connectivity index (χ4v) is 0.929. The molecule has 3 N–H and O–H groups in total. The topological polar surface area (TPSA) is 81.2 Å². The minimum Gasteiger partial charge on any atom is -0.480 e. The van der Waals surface area contributed by atoms with E-state index in [1.807, 2.05) is 26.0 Å². The molecule has 0 saturated carbocycles. The van der Waals surface area contributed by atoms with Gasteiger partial charge in [-0.1, -0.05) is 0 Å². The highest BCUT2D eigenvalue weighted by atomic mass is 16.4. The van der Waals surface area contributed by atoms with Crippen molar-refractivity contribution in [3.05, 3.63) is 18.2 Å². The first kappa shape index (κ1) is 14.6. The van der Waals surface area contributed by atoms with Crippen molar-refractivity contribution >= 4 is 5.97 Å². The molecule has 0 saturated heterocycles. The lowest BCUT2D eigenvalue weighted by molar-refractivity contribution is -0.139. The highest BCUT2D eigenvalue weighted by Crippen LogP contribution is 1.97. The third-order valence-corrected chi connectivity index (χ3v) is 1.63. The quantitative estimate of drug-likeness (QED) is 0.665. The van der Waals surface area contributed by atoms with Gasteiger partial charge in [-0.2, -0.15) is 0 Å². The number of hydrogen-bond acceptors (Lipinski definition) is 4. The van der Waals surface area contributed by atoms with Gasteiger partial charge < -0.3 is 20.3 Å². The summed E-state index contributed by atoms with van der Waals surface area (Å²) in [5, 5.41) is 11.4. The minimum absolute atomic E-state index is 0.422. The summed E-state index contributed by atoms with van der Waals surface area (Å²) >= 11 is 0. The molecule has 1 aromatic heterocycles. The van der Waals surface area contributed by atoms with Crippen molar-refractivity contribution in [1.82, 2.24) is 20.2 Å². The van der Waals surface area contributed by atoms with Crippen LogP contribution in [0.1, 0.15) is 5.69 Å². The first-order chi connectivity index (χ1) is 7.47. The second kappa shape index (κ2) is 7.84. The maximum atomic E-state index is 10.6. The molecule has 1 atom stereocenters. The Morgan fingerprint density at radius 1 is 1.62 bits per heavy atom. The molecule has 1 rings (SSSR count). The number of carbonyl (C=O) groups is 1. The molecule has 16 heavy (non-hydrogen) atoms. The molecule has 0 fully saturated rings. The summed E-state index contributed by atoms with van der Waals surface area (Å²) in [6.45, 7) is 0. The molecule has 6 heteroatoms. The Bertz CT molecular complexity index is 282. The number of nitrogens with zero attached hydrogens (tertiary/aromatic N) is 2. The molecule has 0 aromatic carbocycles. The van der Waals surface area contributed by atoms with Gasteiger partial charge in [-0.25, -0.2) is 4.98 Å². The summed E-state index contributed by atoms with van der Waals surface area (Å²) < 4.78 is 0. The van der Waals surface area contributed by atoms with Crippen LogP contribution in [0, 0.1) is 0 Å². The van der Waals surface area contributed by atoms with Gasteiger partial charge in [0.15, 0.2) is 0 Å². The zero-order valence-corrected chi connectivity index (χ0v) is 10.2. The number of H-pyrrole nitrogens is 1. The van der Waals surface area contributed by atoms with Gasteiger partial charge in [0, 0.05) is 18.3 Å². The Hall–Kier alpha value is -1.40. The van der Waals surface area contributed by atoms with Gasteiger partial charge in [-0.3, -0.25) is 4.79 Å². The maximum absolute atomic E-state index is 10.6. The Balaban J connectivity index is 0.000000487. The fourth-order valence-electron chi connectivity index (χ4n) is 0.929. The lowest BCUT2D eigenvalue weighted by Crippen LogP contribution is -2.35. The molecule has 0 aliphatic rings. The van der Waals surface area contributed by atoms with Crippen LogP contribution in [0.3, 0.4) is 0 Å². The lowest BCUT2D eigenvalue weighted by Gasteiger charge is -2.08. The summed E-state index contributed by atoms with van der Waals surface area (Å²) in [5.41, 5.74) is 0.816. The molecule has 1 aromatic rings. The van der Waals surface area contributed by atoms with Crippen molar-refractivity contribution in [2.75, 3.05) is 28.2 Å². The molecule has 0 unspecified atom stereocenters. The summed E-state index contributed by atoms with van der Waals surface area (Å²) in [6, 6.07) is -0.551. The molecule has 0 spiro atoms. The fraction of sp³-hybridized carbons (Fsp3) is 0.600. The van der Waals surface area contributed by atoms with Crippen molar-refractivity contribution in [3.8, 4) is 0 Å². The molecule has 1 heterocycles. The molecule has 0 bridgehead atoms. The monoisotopic (exact) mass is 228 g/mol. The number of imidazole rings is 1. The number of hydrogen-bond donors (Lipinski definition) is 3. The normalized spacial score (nSPS) is 11.8. The standard InChI is InChI=1S/C7H11N3O2.C3H9N/c1-8-6(7(11)12)2-5-3-9-4-10-5;1-4(2)3/h3-4,6,8H,2H2,1H3,(H,9,10)(H,11,12);1-3H3/t6-;/m0./s1. The minimum atomic E-state index is -0.855. The van der Waals surface area contributed by atoms with E-state index in [9.17, 15) is 4.79 Å². The predicted octanol–water partition coefficient (Wildman–Crippen LogP) is -0.197. The second-order valence-electron chi connectivity index (χ2n) is 3.80. The van der Waals surface area contributed by atoms with Gasteiger partial charge in [0.25, 0.3) is 0 Å². The third-order valence-electron chi connectivity index (χ3n) is 1.63. The number of nitrogens with one attached hydrogen (secondary N) is 2. The van der Waals surface area contributed by atoms with Gasteiger partial charge in [0.05, 0.1) is 6.33 Å². The van der Waals surface area contributed by atoms with E-state index in [4.69, 9.17) is 5.11 Å². The molecule has 0 radical (unpaired) electrons. The van der Waals surface area contributed by atoms with Crippen LogP contribution in [-0.4, -0.2) is 60.2 Å². The van der Waals surface area contributed by atoms with E-state index in [1.165, 1.54) is 6.33 Å². The van der Waals surface area contributed by atoms with Crippen molar-refractivity contribution in [3.63, 3.8) is 0 Å². The first-order valence-corrected chi connectivity index (χ1v) is 4.95. The molecule has 0 amide bonds. The van der Waals surface area contributed by atoms with Gasteiger partial charge in [0.2, 0.25) is 0 Å². The number of aliphatic carboxylic acids is 1. The average molecular weight is 228 g/mol. The van der Waals surface area contributed by atoms with Crippen LogP contribution in [0.5, 0.6) is 0 Å². The van der Waals surface area contributed by atoms with Gasteiger partial charge in [-0.15, -0.1) is 0 Å². The Morgan fingerprint density at radius 2 is 2.19 bits per heavy atom. The van der Waals surface area contributed by atoms with Crippen LogP contribution >= 0.6 is 0 Å². The Morgan fingerprint density at radius 3 is 2.50 bits per heavy atom. The Labute approximate surface area is 95.7 Å². The highest BCUT2D eigenvalue weighted by Gasteiger charge is 2.15. The number of rotatable bonds is 4.